The van der Waals surface area contributed by atoms with Crippen molar-refractivity contribution in [2.75, 3.05) is 5.32 Å². The van der Waals surface area contributed by atoms with Gasteiger partial charge in [-0.05, 0) is 55.9 Å². The maximum absolute atomic E-state index is 12.9. The van der Waals surface area contributed by atoms with Crippen LogP contribution in [0.2, 0.25) is 5.02 Å². The highest BCUT2D eigenvalue weighted by Crippen LogP contribution is 2.39. The van der Waals surface area contributed by atoms with E-state index in [1.54, 1.807) is 6.07 Å². The fourth-order valence-corrected chi connectivity index (χ4v) is 5.15. The molecule has 0 bridgehead atoms. The summed E-state index contributed by atoms with van der Waals surface area (Å²) in [4.78, 5) is 26.0. The van der Waals surface area contributed by atoms with Gasteiger partial charge in [0.25, 0.3) is 11.8 Å². The number of amides is 2. The fraction of sp³-hybridized carbons (Fsp3) is 0.160. The zero-order valence-corrected chi connectivity index (χ0v) is 20.7. The summed E-state index contributed by atoms with van der Waals surface area (Å²) in [6, 6.07) is 18.7. The molecule has 0 atom stereocenters. The fourth-order valence-electron chi connectivity index (χ4n) is 3.48. The topological polar surface area (TPSA) is 70.2 Å². The van der Waals surface area contributed by atoms with Gasteiger partial charge in [0.05, 0.1) is 15.4 Å². The zero-order chi connectivity index (χ0) is 23.8. The molecule has 4 aromatic rings. The van der Waals surface area contributed by atoms with Crippen molar-refractivity contribution in [3.63, 3.8) is 0 Å². The molecule has 1 aromatic heterocycles. The lowest BCUT2D eigenvalue weighted by molar-refractivity contribution is 0.0922. The number of carbonyl (C=O) groups is 2. The van der Waals surface area contributed by atoms with Crippen LogP contribution in [0, 0.1) is 0 Å². The average Bonchev–Trinajstić information content (AvgIpc) is 3.10. The quantitative estimate of drug-likeness (QED) is 0.289. The lowest BCUT2D eigenvalue weighted by atomic mass is 10.0. The van der Waals surface area contributed by atoms with E-state index in [-0.39, 0.29) is 22.5 Å². The van der Waals surface area contributed by atoms with Gasteiger partial charge in [-0.3, -0.25) is 14.9 Å². The molecule has 0 radical (unpaired) electrons. The van der Waals surface area contributed by atoms with E-state index in [2.05, 4.69) is 16.0 Å². The van der Waals surface area contributed by atoms with Crippen LogP contribution in [0.15, 0.2) is 60.7 Å². The highest BCUT2D eigenvalue weighted by molar-refractivity contribution is 7.80. The second-order valence-corrected chi connectivity index (χ2v) is 10.4. The van der Waals surface area contributed by atoms with Gasteiger partial charge in [0.1, 0.15) is 4.88 Å². The van der Waals surface area contributed by atoms with Crippen molar-refractivity contribution in [3.05, 3.63) is 76.1 Å². The molecule has 0 aliphatic heterocycles. The second kappa shape index (κ2) is 9.09. The smallest absolute Gasteiger partial charge is 0.263 e. The molecule has 0 unspecified atom stereocenters. The first-order valence-electron chi connectivity index (χ1n) is 10.3. The Labute approximate surface area is 206 Å². The predicted octanol–water partition coefficient (Wildman–Crippen LogP) is 6.36. The van der Waals surface area contributed by atoms with E-state index in [0.29, 0.717) is 21.2 Å². The molecule has 5 nitrogen and oxygen atoms in total. The molecule has 2 amide bonds. The molecule has 3 N–H and O–H groups in total. The highest BCUT2D eigenvalue weighted by Gasteiger charge is 2.22. The number of hydrogen-bond acceptors (Lipinski definition) is 4. The second-order valence-electron chi connectivity index (χ2n) is 8.57. The van der Waals surface area contributed by atoms with Crippen LogP contribution < -0.4 is 16.0 Å². The average molecular weight is 496 g/mol. The Kier molecular flexibility index (Phi) is 6.38. The van der Waals surface area contributed by atoms with E-state index in [1.165, 1.54) is 11.3 Å². The number of halogens is 1. The molecule has 1 heterocycles. The first kappa shape index (κ1) is 23.2. The van der Waals surface area contributed by atoms with Crippen molar-refractivity contribution in [2.45, 2.75) is 26.3 Å². The summed E-state index contributed by atoms with van der Waals surface area (Å²) < 4.78 is 0.781. The van der Waals surface area contributed by atoms with E-state index in [0.717, 1.165) is 20.9 Å². The molecule has 8 heteroatoms. The third-order valence-corrected chi connectivity index (χ3v) is 6.81. The van der Waals surface area contributed by atoms with Gasteiger partial charge >= 0.3 is 0 Å². The number of hydrogen-bond donors (Lipinski definition) is 3. The van der Waals surface area contributed by atoms with Gasteiger partial charge in [-0.25, -0.2) is 0 Å². The van der Waals surface area contributed by atoms with Crippen molar-refractivity contribution in [1.29, 1.82) is 0 Å². The number of rotatable bonds is 3. The van der Waals surface area contributed by atoms with E-state index in [9.17, 15) is 9.59 Å². The normalized spacial score (nSPS) is 11.4. The van der Waals surface area contributed by atoms with Crippen LogP contribution in [0.4, 0.5) is 5.69 Å². The Morgan fingerprint density at radius 3 is 2.33 bits per heavy atom. The molecule has 33 heavy (non-hydrogen) atoms. The Morgan fingerprint density at radius 1 is 0.909 bits per heavy atom. The number of thiophene rings is 1. The molecular weight excluding hydrogens is 474 g/mol. The summed E-state index contributed by atoms with van der Waals surface area (Å²) in [7, 11) is 0. The highest BCUT2D eigenvalue weighted by atomic mass is 35.5. The van der Waals surface area contributed by atoms with Gasteiger partial charge in [-0.1, -0.05) is 60.1 Å². The number of nitrogens with one attached hydrogen (secondary N) is 3. The summed E-state index contributed by atoms with van der Waals surface area (Å²) in [5.41, 5.74) is 0.818. The van der Waals surface area contributed by atoms with E-state index in [4.69, 9.17) is 23.8 Å². The number of carbonyl (C=O) groups excluding carboxylic acids is 2. The molecule has 0 aliphatic carbocycles. The lowest BCUT2D eigenvalue weighted by Gasteiger charge is -2.19. The first-order valence-corrected chi connectivity index (χ1v) is 11.9. The van der Waals surface area contributed by atoms with Crippen LogP contribution in [0.3, 0.4) is 0 Å². The monoisotopic (exact) mass is 495 g/mol. The van der Waals surface area contributed by atoms with Gasteiger partial charge < -0.3 is 10.6 Å². The van der Waals surface area contributed by atoms with Crippen molar-refractivity contribution < 1.29 is 9.59 Å². The lowest BCUT2D eigenvalue weighted by Crippen LogP contribution is -2.40. The van der Waals surface area contributed by atoms with Gasteiger partial charge in [-0.15, -0.1) is 11.3 Å². The number of thiocarbonyl (C=S) groups is 1. The minimum Gasteiger partial charge on any atom is -0.347 e. The molecule has 0 saturated carbocycles. The minimum absolute atomic E-state index is 0.158. The van der Waals surface area contributed by atoms with E-state index in [1.807, 2.05) is 75.4 Å². The van der Waals surface area contributed by atoms with Crippen LogP contribution in [-0.2, 0) is 0 Å². The summed E-state index contributed by atoms with van der Waals surface area (Å²) in [5.74, 6) is -0.530. The summed E-state index contributed by atoms with van der Waals surface area (Å²) in [6.07, 6.45) is 0. The van der Waals surface area contributed by atoms with Gasteiger partial charge in [0.15, 0.2) is 5.11 Å². The van der Waals surface area contributed by atoms with Gasteiger partial charge in [0.2, 0.25) is 0 Å². The SMILES string of the molecule is CC(C)(C)NC(=O)c1sc2c(NC(=S)NC(=O)c3cccc4ccccc34)cccc2c1Cl. The molecule has 3 aromatic carbocycles. The molecular formula is C25H22ClN3O2S2. The van der Waals surface area contributed by atoms with E-state index < -0.39 is 0 Å². The molecule has 0 fully saturated rings. The van der Waals surface area contributed by atoms with Crippen molar-refractivity contribution in [3.8, 4) is 0 Å². The van der Waals surface area contributed by atoms with Crippen molar-refractivity contribution in [1.82, 2.24) is 10.6 Å². The molecule has 4 rings (SSSR count). The van der Waals surface area contributed by atoms with Crippen molar-refractivity contribution >= 4 is 78.6 Å². The summed E-state index contributed by atoms with van der Waals surface area (Å²) in [5, 5.41) is 11.9. The van der Waals surface area contributed by atoms with Crippen LogP contribution in [0.1, 0.15) is 40.8 Å². The Bertz CT molecular complexity index is 1400. The zero-order valence-electron chi connectivity index (χ0n) is 18.3. The van der Waals surface area contributed by atoms with Gasteiger partial charge in [0, 0.05) is 16.5 Å². The molecule has 0 aliphatic rings. The van der Waals surface area contributed by atoms with E-state index >= 15 is 0 Å². The largest absolute Gasteiger partial charge is 0.347 e. The third kappa shape index (κ3) is 5.00. The standard InChI is InChI=1S/C25H22ClN3O2S2/c1-25(2,3)29-23(31)21-19(26)17-12-7-13-18(20(17)33-21)27-24(32)28-22(30)16-11-6-9-14-8-4-5-10-15(14)16/h4-13H,1-3H3,(H,29,31)(H2,27,28,30,32). The predicted molar refractivity (Wildman–Crippen MR) is 142 cm³/mol. The third-order valence-electron chi connectivity index (χ3n) is 4.86. The minimum atomic E-state index is -0.384. The molecule has 168 valence electrons. The Balaban J connectivity index is 1.57. The van der Waals surface area contributed by atoms with Crippen LogP contribution in [0.5, 0.6) is 0 Å². The molecule has 0 saturated heterocycles. The number of anilines is 1. The summed E-state index contributed by atoms with van der Waals surface area (Å²) in [6.45, 7) is 5.74. The Hall–Kier alpha value is -3.00. The van der Waals surface area contributed by atoms with Gasteiger partial charge in [-0.2, -0.15) is 0 Å². The number of fused-ring (bicyclic) bond motifs is 2. The number of benzene rings is 3. The molecule has 0 spiro atoms. The maximum Gasteiger partial charge on any atom is 0.263 e. The van der Waals surface area contributed by atoms with Crippen LogP contribution >= 0.6 is 35.2 Å². The summed E-state index contributed by atoms with van der Waals surface area (Å²) >= 11 is 13.2. The van der Waals surface area contributed by atoms with Crippen LogP contribution in [-0.4, -0.2) is 22.5 Å². The van der Waals surface area contributed by atoms with Crippen LogP contribution in [0.25, 0.3) is 20.9 Å². The first-order chi connectivity index (χ1) is 15.6. The maximum atomic E-state index is 12.9. The van der Waals surface area contributed by atoms with Crippen molar-refractivity contribution in [2.24, 2.45) is 0 Å². The Morgan fingerprint density at radius 2 is 1.58 bits per heavy atom.